The summed E-state index contributed by atoms with van der Waals surface area (Å²) < 4.78 is 28.2. The third-order valence-electron chi connectivity index (χ3n) is 5.06. The number of benzene rings is 3. The Kier molecular flexibility index (Phi) is 6.72. The van der Waals surface area contributed by atoms with Crippen LogP contribution >= 0.6 is 11.6 Å². The second-order valence-corrected chi connectivity index (χ2v) is 9.84. The smallest absolute Gasteiger partial charge is 0.264 e. The lowest BCUT2D eigenvalue weighted by molar-refractivity contribution is -0.114. The van der Waals surface area contributed by atoms with E-state index in [0.29, 0.717) is 16.4 Å². The van der Waals surface area contributed by atoms with Gasteiger partial charge in [-0.25, -0.2) is 8.42 Å². The van der Waals surface area contributed by atoms with Gasteiger partial charge in [-0.2, -0.15) is 0 Å². The van der Waals surface area contributed by atoms with E-state index in [1.807, 2.05) is 32.9 Å². The molecule has 0 saturated heterocycles. The molecule has 0 bridgehead atoms. The molecule has 0 aliphatic rings. The fraction of sp³-hybridized carbons (Fsp3) is 0.208. The molecular weight excluding hydrogens is 432 g/mol. The molecule has 0 spiro atoms. The second-order valence-electron chi connectivity index (χ2n) is 7.58. The van der Waals surface area contributed by atoms with Crippen molar-refractivity contribution in [2.24, 2.45) is 0 Å². The number of carbonyl (C=O) groups is 1. The SMILES string of the molecule is Cc1ccc(S(=O)(=O)N(CC(=O)Nc2cccc(Cl)c2C)c2ccc(C)cc2C)cc1. The van der Waals surface area contributed by atoms with Gasteiger partial charge in [0.15, 0.2) is 0 Å². The van der Waals surface area contributed by atoms with E-state index in [9.17, 15) is 13.2 Å². The van der Waals surface area contributed by atoms with Crippen LogP contribution < -0.4 is 9.62 Å². The molecule has 0 aliphatic carbocycles. The predicted molar refractivity (Wildman–Crippen MR) is 126 cm³/mol. The fourth-order valence-corrected chi connectivity index (χ4v) is 4.95. The molecule has 7 heteroatoms. The Morgan fingerprint density at radius 1 is 0.935 bits per heavy atom. The number of aryl methyl sites for hydroxylation is 3. The van der Waals surface area contributed by atoms with Crippen LogP contribution in [0.15, 0.2) is 65.6 Å². The van der Waals surface area contributed by atoms with E-state index < -0.39 is 15.9 Å². The second kappa shape index (κ2) is 9.12. The summed E-state index contributed by atoms with van der Waals surface area (Å²) >= 11 is 6.14. The van der Waals surface area contributed by atoms with E-state index in [2.05, 4.69) is 5.32 Å². The maximum atomic E-state index is 13.5. The third kappa shape index (κ3) is 5.09. The first-order valence-corrected chi connectivity index (χ1v) is 11.6. The van der Waals surface area contributed by atoms with Gasteiger partial charge in [0.1, 0.15) is 6.54 Å². The number of nitrogens with one attached hydrogen (secondary N) is 1. The fourth-order valence-electron chi connectivity index (χ4n) is 3.29. The van der Waals surface area contributed by atoms with Gasteiger partial charge in [-0.1, -0.05) is 53.1 Å². The molecule has 0 aromatic heterocycles. The van der Waals surface area contributed by atoms with Gasteiger partial charge in [-0.05, 0) is 69.2 Å². The third-order valence-corrected chi connectivity index (χ3v) is 7.24. The van der Waals surface area contributed by atoms with Crippen LogP contribution in [0.4, 0.5) is 11.4 Å². The highest BCUT2D eigenvalue weighted by Crippen LogP contribution is 2.28. The zero-order chi connectivity index (χ0) is 22.8. The van der Waals surface area contributed by atoms with Gasteiger partial charge in [-0.3, -0.25) is 9.10 Å². The Hall–Kier alpha value is -2.83. The Morgan fingerprint density at radius 2 is 1.58 bits per heavy atom. The number of hydrogen-bond acceptors (Lipinski definition) is 3. The molecule has 3 aromatic carbocycles. The lowest BCUT2D eigenvalue weighted by atomic mass is 10.1. The summed E-state index contributed by atoms with van der Waals surface area (Å²) in [4.78, 5) is 13.0. The van der Waals surface area contributed by atoms with Crippen LogP contribution in [0.2, 0.25) is 5.02 Å². The topological polar surface area (TPSA) is 66.5 Å². The molecule has 0 heterocycles. The summed E-state index contributed by atoms with van der Waals surface area (Å²) in [6, 6.07) is 17.2. The van der Waals surface area contributed by atoms with Gasteiger partial charge < -0.3 is 5.32 Å². The lowest BCUT2D eigenvalue weighted by Gasteiger charge is -2.26. The first-order chi connectivity index (χ1) is 14.6. The summed E-state index contributed by atoms with van der Waals surface area (Å²) in [6.45, 7) is 7.08. The van der Waals surface area contributed by atoms with Gasteiger partial charge in [-0.15, -0.1) is 0 Å². The van der Waals surface area contributed by atoms with Crippen LogP contribution in [0.5, 0.6) is 0 Å². The maximum Gasteiger partial charge on any atom is 0.264 e. The quantitative estimate of drug-likeness (QED) is 0.539. The predicted octanol–water partition coefficient (Wildman–Crippen LogP) is 5.41. The number of amides is 1. The van der Waals surface area contributed by atoms with Crippen molar-refractivity contribution in [1.29, 1.82) is 0 Å². The molecule has 0 atom stereocenters. The molecule has 0 saturated carbocycles. The summed E-state index contributed by atoms with van der Waals surface area (Å²) in [5, 5.41) is 3.31. The van der Waals surface area contributed by atoms with E-state index in [1.165, 1.54) is 0 Å². The average molecular weight is 457 g/mol. The minimum absolute atomic E-state index is 0.129. The molecule has 0 fully saturated rings. The molecule has 0 aliphatic heterocycles. The normalized spacial score (nSPS) is 11.3. The molecule has 3 rings (SSSR count). The minimum atomic E-state index is -3.97. The van der Waals surface area contributed by atoms with Crippen molar-refractivity contribution in [3.63, 3.8) is 0 Å². The Balaban J connectivity index is 2.00. The number of hydrogen-bond donors (Lipinski definition) is 1. The highest BCUT2D eigenvalue weighted by Gasteiger charge is 2.28. The van der Waals surface area contributed by atoms with Crippen molar-refractivity contribution >= 4 is 38.9 Å². The van der Waals surface area contributed by atoms with E-state index in [-0.39, 0.29) is 11.4 Å². The summed E-state index contributed by atoms with van der Waals surface area (Å²) in [5.74, 6) is -0.457. The van der Waals surface area contributed by atoms with Gasteiger partial charge in [0, 0.05) is 10.7 Å². The Bertz CT molecular complexity index is 1220. The lowest BCUT2D eigenvalue weighted by Crippen LogP contribution is -2.38. The number of nitrogens with zero attached hydrogens (tertiary/aromatic N) is 1. The van der Waals surface area contributed by atoms with E-state index in [0.717, 1.165) is 26.6 Å². The highest BCUT2D eigenvalue weighted by atomic mass is 35.5. The molecule has 0 unspecified atom stereocenters. The minimum Gasteiger partial charge on any atom is -0.324 e. The zero-order valence-corrected chi connectivity index (χ0v) is 19.5. The van der Waals surface area contributed by atoms with Crippen LogP contribution in [-0.2, 0) is 14.8 Å². The van der Waals surface area contributed by atoms with Crippen LogP contribution in [0, 0.1) is 27.7 Å². The van der Waals surface area contributed by atoms with E-state index in [1.54, 1.807) is 55.5 Å². The highest BCUT2D eigenvalue weighted by molar-refractivity contribution is 7.92. The largest absolute Gasteiger partial charge is 0.324 e. The summed E-state index contributed by atoms with van der Waals surface area (Å²) in [7, 11) is -3.97. The number of sulfonamides is 1. The summed E-state index contributed by atoms with van der Waals surface area (Å²) in [6.07, 6.45) is 0. The van der Waals surface area contributed by atoms with Crippen molar-refractivity contribution in [1.82, 2.24) is 0 Å². The van der Waals surface area contributed by atoms with Crippen molar-refractivity contribution in [3.8, 4) is 0 Å². The molecule has 31 heavy (non-hydrogen) atoms. The summed E-state index contributed by atoms with van der Waals surface area (Å²) in [5.41, 5.74) is 4.45. The number of halogens is 1. The van der Waals surface area contributed by atoms with Gasteiger partial charge in [0.25, 0.3) is 10.0 Å². The van der Waals surface area contributed by atoms with Crippen LogP contribution in [-0.4, -0.2) is 20.9 Å². The van der Waals surface area contributed by atoms with E-state index >= 15 is 0 Å². The van der Waals surface area contributed by atoms with Crippen LogP contribution in [0.25, 0.3) is 0 Å². The first kappa shape index (κ1) is 22.8. The molecule has 1 amide bonds. The molecule has 0 radical (unpaired) electrons. The number of rotatable bonds is 6. The number of anilines is 2. The average Bonchev–Trinajstić information content (AvgIpc) is 2.70. The Labute approximate surface area is 188 Å². The molecular formula is C24H25ClN2O3S. The zero-order valence-electron chi connectivity index (χ0n) is 17.9. The Morgan fingerprint density at radius 3 is 2.23 bits per heavy atom. The van der Waals surface area contributed by atoms with Gasteiger partial charge >= 0.3 is 0 Å². The van der Waals surface area contributed by atoms with Gasteiger partial charge in [0.2, 0.25) is 5.91 Å². The molecule has 5 nitrogen and oxygen atoms in total. The van der Waals surface area contributed by atoms with Crippen molar-refractivity contribution in [2.75, 3.05) is 16.2 Å². The molecule has 3 aromatic rings. The van der Waals surface area contributed by atoms with Crippen LogP contribution in [0.1, 0.15) is 22.3 Å². The van der Waals surface area contributed by atoms with Crippen molar-refractivity contribution in [3.05, 3.63) is 87.9 Å². The van der Waals surface area contributed by atoms with Crippen molar-refractivity contribution < 1.29 is 13.2 Å². The molecule has 162 valence electrons. The first-order valence-electron chi connectivity index (χ1n) is 9.81. The van der Waals surface area contributed by atoms with Crippen LogP contribution in [0.3, 0.4) is 0 Å². The number of carbonyl (C=O) groups excluding carboxylic acids is 1. The van der Waals surface area contributed by atoms with E-state index in [4.69, 9.17) is 11.6 Å². The van der Waals surface area contributed by atoms with Crippen molar-refractivity contribution in [2.45, 2.75) is 32.6 Å². The van der Waals surface area contributed by atoms with Gasteiger partial charge in [0.05, 0.1) is 10.6 Å². The monoisotopic (exact) mass is 456 g/mol. The maximum absolute atomic E-state index is 13.5. The molecule has 1 N–H and O–H groups in total. The standard InChI is InChI=1S/C24H25ClN2O3S/c1-16-8-11-20(12-9-16)31(29,30)27(23-13-10-17(2)14-18(23)3)15-24(28)26-22-7-5-6-21(25)19(22)4/h5-14H,15H2,1-4H3,(H,26,28).